The molecule has 2 rings (SSSR count). The Morgan fingerprint density at radius 1 is 1.50 bits per heavy atom. The smallest absolute Gasteiger partial charge is 0.213 e. The molecule has 2 atom stereocenters. The SMILES string of the molecule is C[C@H]1CCCN(C[C@@H](C)NS(=O)(=O)CC2(C#N)CC2)C1. The maximum absolute atomic E-state index is 12.1. The van der Waals surface area contributed by atoms with Gasteiger partial charge in [0.25, 0.3) is 0 Å². The van der Waals surface area contributed by atoms with Crippen molar-refractivity contribution >= 4 is 10.0 Å². The predicted octanol–water partition coefficient (Wildman–Crippen LogP) is 1.33. The van der Waals surface area contributed by atoms with Crippen molar-refractivity contribution in [3.05, 3.63) is 0 Å². The molecular formula is C14H25N3O2S. The van der Waals surface area contributed by atoms with Crippen molar-refractivity contribution in [1.82, 2.24) is 9.62 Å². The van der Waals surface area contributed by atoms with Gasteiger partial charge in [0.1, 0.15) is 0 Å². The van der Waals surface area contributed by atoms with Crippen LogP contribution in [0.1, 0.15) is 39.5 Å². The van der Waals surface area contributed by atoms with Gasteiger partial charge in [0.15, 0.2) is 0 Å². The Morgan fingerprint density at radius 2 is 2.20 bits per heavy atom. The topological polar surface area (TPSA) is 73.2 Å². The zero-order chi connectivity index (χ0) is 14.8. The Balaban J connectivity index is 1.81. The molecule has 0 bridgehead atoms. The first kappa shape index (κ1) is 15.7. The number of nitrogens with zero attached hydrogens (tertiary/aromatic N) is 2. The van der Waals surface area contributed by atoms with Gasteiger partial charge in [0.05, 0.1) is 17.2 Å². The minimum atomic E-state index is -3.35. The van der Waals surface area contributed by atoms with E-state index in [-0.39, 0.29) is 11.8 Å². The molecule has 0 radical (unpaired) electrons. The molecule has 0 aromatic rings. The van der Waals surface area contributed by atoms with Crippen LogP contribution >= 0.6 is 0 Å². The van der Waals surface area contributed by atoms with Gasteiger partial charge in [-0.1, -0.05) is 6.92 Å². The zero-order valence-corrected chi connectivity index (χ0v) is 13.2. The second kappa shape index (κ2) is 6.00. The number of rotatable bonds is 6. The van der Waals surface area contributed by atoms with E-state index in [1.165, 1.54) is 12.8 Å². The molecule has 1 aliphatic carbocycles. The minimum Gasteiger partial charge on any atom is -0.301 e. The highest BCUT2D eigenvalue weighted by Crippen LogP contribution is 2.45. The number of sulfonamides is 1. The molecule has 6 heteroatoms. The maximum atomic E-state index is 12.1. The third-order valence-electron chi connectivity index (χ3n) is 4.21. The number of hydrogen-bond acceptors (Lipinski definition) is 4. The molecule has 1 N–H and O–H groups in total. The highest BCUT2D eigenvalue weighted by molar-refractivity contribution is 7.89. The quantitative estimate of drug-likeness (QED) is 0.803. The molecule has 0 spiro atoms. The standard InChI is InChI=1S/C14H25N3O2S/c1-12-4-3-7-17(8-12)9-13(2)16-20(18,19)11-14(10-15)5-6-14/h12-13,16H,3-9,11H2,1-2H3/t12-,13+/m0/s1. The summed E-state index contributed by atoms with van der Waals surface area (Å²) in [5.74, 6) is 0.651. The lowest BCUT2D eigenvalue weighted by Crippen LogP contribution is -2.46. The van der Waals surface area contributed by atoms with E-state index < -0.39 is 15.4 Å². The molecule has 2 aliphatic rings. The molecule has 20 heavy (non-hydrogen) atoms. The summed E-state index contributed by atoms with van der Waals surface area (Å²) < 4.78 is 26.9. The third kappa shape index (κ3) is 4.44. The van der Waals surface area contributed by atoms with Gasteiger partial charge in [0, 0.05) is 19.1 Å². The van der Waals surface area contributed by atoms with E-state index in [0.29, 0.717) is 18.8 Å². The van der Waals surface area contributed by atoms with E-state index in [9.17, 15) is 8.42 Å². The fourth-order valence-corrected chi connectivity index (χ4v) is 4.88. The van der Waals surface area contributed by atoms with Gasteiger partial charge in [-0.25, -0.2) is 13.1 Å². The molecule has 0 aromatic heterocycles. The average molecular weight is 299 g/mol. The highest BCUT2D eigenvalue weighted by atomic mass is 32.2. The molecule has 114 valence electrons. The van der Waals surface area contributed by atoms with Crippen LogP contribution in [0.5, 0.6) is 0 Å². The first-order valence-electron chi connectivity index (χ1n) is 7.48. The summed E-state index contributed by atoms with van der Waals surface area (Å²) >= 11 is 0. The van der Waals surface area contributed by atoms with Gasteiger partial charge in [-0.3, -0.25) is 0 Å². The predicted molar refractivity (Wildman–Crippen MR) is 78.5 cm³/mol. The van der Waals surface area contributed by atoms with Crippen LogP contribution in [0.2, 0.25) is 0 Å². The number of nitrogens with one attached hydrogen (secondary N) is 1. The van der Waals surface area contributed by atoms with Crippen molar-refractivity contribution in [2.75, 3.05) is 25.4 Å². The van der Waals surface area contributed by atoms with Crippen LogP contribution in [-0.4, -0.2) is 44.7 Å². The fourth-order valence-electron chi connectivity index (χ4n) is 3.03. The van der Waals surface area contributed by atoms with Crippen LogP contribution in [0.15, 0.2) is 0 Å². The monoisotopic (exact) mass is 299 g/mol. The third-order valence-corrected chi connectivity index (χ3v) is 5.91. The summed E-state index contributed by atoms with van der Waals surface area (Å²) in [7, 11) is -3.35. The highest BCUT2D eigenvalue weighted by Gasteiger charge is 2.47. The first-order valence-corrected chi connectivity index (χ1v) is 9.13. The zero-order valence-electron chi connectivity index (χ0n) is 12.4. The molecule has 1 saturated heterocycles. The van der Waals surface area contributed by atoms with E-state index in [1.54, 1.807) is 0 Å². The average Bonchev–Trinajstić information content (AvgIpc) is 3.07. The lowest BCUT2D eigenvalue weighted by atomic mass is 10.00. The Labute approximate surface area is 122 Å². The molecule has 1 heterocycles. The van der Waals surface area contributed by atoms with E-state index in [1.807, 2.05) is 6.92 Å². The van der Waals surface area contributed by atoms with Gasteiger partial charge in [0.2, 0.25) is 10.0 Å². The maximum Gasteiger partial charge on any atom is 0.213 e. The Hall–Kier alpha value is -0.640. The van der Waals surface area contributed by atoms with Crippen LogP contribution in [0.3, 0.4) is 0 Å². The Bertz CT molecular complexity index is 479. The van der Waals surface area contributed by atoms with Gasteiger partial charge in [-0.2, -0.15) is 5.26 Å². The summed E-state index contributed by atoms with van der Waals surface area (Å²) in [6, 6.07) is 2.04. The minimum absolute atomic E-state index is 0.0444. The summed E-state index contributed by atoms with van der Waals surface area (Å²) in [6.45, 7) is 7.00. The summed E-state index contributed by atoms with van der Waals surface area (Å²) in [5, 5.41) is 8.99. The van der Waals surface area contributed by atoms with E-state index in [0.717, 1.165) is 19.6 Å². The van der Waals surface area contributed by atoms with E-state index in [4.69, 9.17) is 5.26 Å². The van der Waals surface area contributed by atoms with Crippen molar-refractivity contribution < 1.29 is 8.42 Å². The molecule has 1 saturated carbocycles. The van der Waals surface area contributed by atoms with Crippen LogP contribution < -0.4 is 4.72 Å². The number of hydrogen-bond donors (Lipinski definition) is 1. The number of nitriles is 1. The molecule has 1 aliphatic heterocycles. The molecule has 0 unspecified atom stereocenters. The van der Waals surface area contributed by atoms with Gasteiger partial charge < -0.3 is 4.90 Å². The summed E-state index contributed by atoms with van der Waals surface area (Å²) in [6.07, 6.45) is 3.88. The summed E-state index contributed by atoms with van der Waals surface area (Å²) in [5.41, 5.74) is -0.606. The first-order chi connectivity index (χ1) is 9.34. The van der Waals surface area contributed by atoms with Crippen LogP contribution in [0, 0.1) is 22.7 Å². The normalized spacial score (nSPS) is 27.8. The van der Waals surface area contributed by atoms with Gasteiger partial charge in [-0.15, -0.1) is 0 Å². The number of likely N-dealkylation sites (tertiary alicyclic amines) is 1. The molecule has 5 nitrogen and oxygen atoms in total. The van der Waals surface area contributed by atoms with Crippen LogP contribution in [0.4, 0.5) is 0 Å². The molecule has 2 fully saturated rings. The lowest BCUT2D eigenvalue weighted by Gasteiger charge is -2.32. The van der Waals surface area contributed by atoms with E-state index in [2.05, 4.69) is 22.6 Å². The van der Waals surface area contributed by atoms with Crippen molar-refractivity contribution in [3.63, 3.8) is 0 Å². The van der Waals surface area contributed by atoms with Gasteiger partial charge >= 0.3 is 0 Å². The van der Waals surface area contributed by atoms with Gasteiger partial charge in [-0.05, 0) is 45.1 Å². The lowest BCUT2D eigenvalue weighted by molar-refractivity contribution is 0.174. The van der Waals surface area contributed by atoms with Crippen molar-refractivity contribution in [2.24, 2.45) is 11.3 Å². The Kier molecular flexibility index (Phi) is 4.73. The van der Waals surface area contributed by atoms with Crippen molar-refractivity contribution in [1.29, 1.82) is 5.26 Å². The second-order valence-corrected chi connectivity index (χ2v) is 8.43. The van der Waals surface area contributed by atoms with Crippen LogP contribution in [0.25, 0.3) is 0 Å². The molecule has 0 aromatic carbocycles. The summed E-state index contributed by atoms with van der Waals surface area (Å²) in [4.78, 5) is 2.33. The fraction of sp³-hybridized carbons (Fsp3) is 0.929. The van der Waals surface area contributed by atoms with E-state index >= 15 is 0 Å². The molecular weight excluding hydrogens is 274 g/mol. The van der Waals surface area contributed by atoms with Crippen molar-refractivity contribution in [3.8, 4) is 6.07 Å². The second-order valence-electron chi connectivity index (χ2n) is 6.68. The molecule has 0 amide bonds. The Morgan fingerprint density at radius 3 is 2.75 bits per heavy atom. The largest absolute Gasteiger partial charge is 0.301 e. The van der Waals surface area contributed by atoms with Crippen molar-refractivity contribution in [2.45, 2.75) is 45.6 Å². The van der Waals surface area contributed by atoms with Crippen LogP contribution in [-0.2, 0) is 10.0 Å². The number of piperidine rings is 1.